The van der Waals surface area contributed by atoms with Gasteiger partial charge in [0.1, 0.15) is 0 Å². The lowest BCUT2D eigenvalue weighted by Gasteiger charge is -2.16. The fraction of sp³-hybridized carbons (Fsp3) is 0.412. The van der Waals surface area contributed by atoms with Crippen molar-refractivity contribution in [1.29, 1.82) is 0 Å². The lowest BCUT2D eigenvalue weighted by molar-refractivity contribution is 0.274. The average molecular weight is 334 g/mol. The summed E-state index contributed by atoms with van der Waals surface area (Å²) in [5, 5.41) is 0. The second-order valence-corrected chi connectivity index (χ2v) is 5.37. The van der Waals surface area contributed by atoms with Crippen LogP contribution in [0.5, 0.6) is 17.2 Å². The van der Waals surface area contributed by atoms with Crippen LogP contribution in [0.4, 0.5) is 0 Å². The van der Waals surface area contributed by atoms with E-state index >= 15 is 0 Å². The van der Waals surface area contributed by atoms with E-state index in [1.807, 2.05) is 6.92 Å². The van der Waals surface area contributed by atoms with Crippen LogP contribution >= 0.6 is 0 Å². The van der Waals surface area contributed by atoms with Crippen molar-refractivity contribution in [3.05, 3.63) is 49.8 Å². The van der Waals surface area contributed by atoms with E-state index in [2.05, 4.69) is 9.97 Å². The fourth-order valence-corrected chi connectivity index (χ4v) is 2.43. The molecule has 0 aliphatic rings. The Morgan fingerprint density at radius 1 is 1.04 bits per heavy atom. The Morgan fingerprint density at radius 3 is 2.17 bits per heavy atom. The fourth-order valence-electron chi connectivity index (χ4n) is 2.43. The molecule has 1 heterocycles. The molecule has 0 spiro atoms. The van der Waals surface area contributed by atoms with Crippen LogP contribution in [0.2, 0.25) is 0 Å². The van der Waals surface area contributed by atoms with Crippen LogP contribution in [0.1, 0.15) is 30.2 Å². The molecule has 7 heteroatoms. The molecule has 7 nitrogen and oxygen atoms in total. The Hall–Kier alpha value is -2.70. The highest BCUT2D eigenvalue weighted by Gasteiger charge is 2.16. The lowest BCUT2D eigenvalue weighted by Crippen LogP contribution is -2.27. The van der Waals surface area contributed by atoms with E-state index in [4.69, 9.17) is 14.2 Å². The second kappa shape index (κ2) is 7.72. The molecular formula is C17H22N2O5. The quantitative estimate of drug-likeness (QED) is 0.805. The number of aryl methyl sites for hydroxylation is 1. The zero-order valence-electron chi connectivity index (χ0n) is 14.3. The molecule has 0 fully saturated rings. The predicted octanol–water partition coefficient (Wildman–Crippen LogP) is 1.77. The average Bonchev–Trinajstić information content (AvgIpc) is 2.55. The SMILES string of the molecule is CCCOc1c(OC)cc(Cc2c(C)[nH]c(=O)[nH]c2=O)cc1OC. The first-order valence-electron chi connectivity index (χ1n) is 7.69. The van der Waals surface area contributed by atoms with Gasteiger partial charge in [0.05, 0.1) is 20.8 Å². The molecule has 24 heavy (non-hydrogen) atoms. The molecule has 0 aliphatic carbocycles. The molecule has 130 valence electrons. The van der Waals surface area contributed by atoms with E-state index in [-0.39, 0.29) is 0 Å². The number of methoxy groups -OCH3 is 2. The van der Waals surface area contributed by atoms with Gasteiger partial charge >= 0.3 is 5.69 Å². The highest BCUT2D eigenvalue weighted by molar-refractivity contribution is 5.54. The predicted molar refractivity (Wildman–Crippen MR) is 90.6 cm³/mol. The standard InChI is InChI=1S/C17H22N2O5/c1-5-6-24-15-13(22-3)8-11(9-14(15)23-4)7-12-10(2)18-17(21)19-16(12)20/h8-9H,5-7H2,1-4H3,(H2,18,19,20,21). The number of H-pyrrole nitrogens is 2. The van der Waals surface area contributed by atoms with Gasteiger partial charge in [-0.15, -0.1) is 0 Å². The van der Waals surface area contributed by atoms with Gasteiger partial charge in [0.2, 0.25) is 5.75 Å². The third-order valence-corrected chi connectivity index (χ3v) is 3.61. The van der Waals surface area contributed by atoms with Crippen molar-refractivity contribution in [3.63, 3.8) is 0 Å². The van der Waals surface area contributed by atoms with E-state index in [0.717, 1.165) is 12.0 Å². The molecule has 2 rings (SSSR count). The Balaban J connectivity index is 2.45. The molecule has 0 aliphatic heterocycles. The zero-order chi connectivity index (χ0) is 17.7. The van der Waals surface area contributed by atoms with Crippen molar-refractivity contribution >= 4 is 0 Å². The number of rotatable bonds is 7. The summed E-state index contributed by atoms with van der Waals surface area (Å²) in [5.74, 6) is 1.62. The minimum absolute atomic E-state index is 0.332. The molecule has 0 amide bonds. The van der Waals surface area contributed by atoms with Crippen LogP contribution in [-0.4, -0.2) is 30.8 Å². The van der Waals surface area contributed by atoms with Gasteiger partial charge in [0.15, 0.2) is 11.5 Å². The van der Waals surface area contributed by atoms with Gasteiger partial charge < -0.3 is 19.2 Å². The maximum atomic E-state index is 12.0. The first-order chi connectivity index (χ1) is 11.5. The van der Waals surface area contributed by atoms with Crippen molar-refractivity contribution < 1.29 is 14.2 Å². The number of ether oxygens (including phenoxy) is 3. The topological polar surface area (TPSA) is 93.4 Å². The lowest BCUT2D eigenvalue weighted by atomic mass is 10.0. The molecule has 1 aromatic heterocycles. The minimum atomic E-state index is -0.514. The number of hydrogen-bond donors (Lipinski definition) is 2. The van der Waals surface area contributed by atoms with E-state index in [0.29, 0.717) is 41.5 Å². The molecule has 0 unspecified atom stereocenters. The molecule has 2 aromatic rings. The van der Waals surface area contributed by atoms with Crippen molar-refractivity contribution in [1.82, 2.24) is 9.97 Å². The van der Waals surface area contributed by atoms with Gasteiger partial charge in [0, 0.05) is 17.7 Å². The number of aromatic amines is 2. The van der Waals surface area contributed by atoms with E-state index in [1.165, 1.54) is 0 Å². The van der Waals surface area contributed by atoms with Crippen LogP contribution in [-0.2, 0) is 6.42 Å². The first kappa shape index (κ1) is 17.7. The summed E-state index contributed by atoms with van der Waals surface area (Å²) in [4.78, 5) is 28.2. The summed E-state index contributed by atoms with van der Waals surface area (Å²) in [6, 6.07) is 3.61. The Bertz CT molecular complexity index is 797. The third-order valence-electron chi connectivity index (χ3n) is 3.61. The molecule has 0 atom stereocenters. The van der Waals surface area contributed by atoms with Gasteiger partial charge in [-0.1, -0.05) is 6.92 Å². The summed E-state index contributed by atoms with van der Waals surface area (Å²) in [6.07, 6.45) is 1.19. The summed E-state index contributed by atoms with van der Waals surface area (Å²) in [5.41, 5.74) is 0.919. The largest absolute Gasteiger partial charge is 0.493 e. The van der Waals surface area contributed by atoms with Crippen LogP contribution in [0.25, 0.3) is 0 Å². The maximum Gasteiger partial charge on any atom is 0.325 e. The number of nitrogens with one attached hydrogen (secondary N) is 2. The summed E-state index contributed by atoms with van der Waals surface area (Å²) in [6.45, 7) is 4.25. The normalized spacial score (nSPS) is 10.5. The van der Waals surface area contributed by atoms with Crippen LogP contribution in [0.15, 0.2) is 21.7 Å². The van der Waals surface area contributed by atoms with Crippen LogP contribution in [0.3, 0.4) is 0 Å². The summed E-state index contributed by atoms with van der Waals surface area (Å²) in [7, 11) is 3.10. The van der Waals surface area contributed by atoms with Crippen molar-refractivity contribution in [2.75, 3.05) is 20.8 Å². The molecular weight excluding hydrogens is 312 g/mol. The smallest absolute Gasteiger partial charge is 0.325 e. The monoisotopic (exact) mass is 334 g/mol. The van der Waals surface area contributed by atoms with Crippen molar-refractivity contribution in [3.8, 4) is 17.2 Å². The molecule has 0 bridgehead atoms. The van der Waals surface area contributed by atoms with Crippen molar-refractivity contribution in [2.24, 2.45) is 0 Å². The number of aromatic nitrogens is 2. The molecule has 0 saturated carbocycles. The maximum absolute atomic E-state index is 12.0. The molecule has 0 saturated heterocycles. The van der Waals surface area contributed by atoms with Gasteiger partial charge in [-0.2, -0.15) is 0 Å². The van der Waals surface area contributed by atoms with E-state index < -0.39 is 11.2 Å². The van der Waals surface area contributed by atoms with E-state index in [1.54, 1.807) is 33.3 Å². The molecule has 2 N–H and O–H groups in total. The second-order valence-electron chi connectivity index (χ2n) is 5.37. The van der Waals surface area contributed by atoms with Crippen molar-refractivity contribution in [2.45, 2.75) is 26.7 Å². The number of benzene rings is 1. The Morgan fingerprint density at radius 2 is 1.67 bits per heavy atom. The van der Waals surface area contributed by atoms with Crippen LogP contribution < -0.4 is 25.5 Å². The van der Waals surface area contributed by atoms with Gasteiger partial charge in [0.25, 0.3) is 5.56 Å². The minimum Gasteiger partial charge on any atom is -0.493 e. The van der Waals surface area contributed by atoms with Gasteiger partial charge in [-0.25, -0.2) is 4.79 Å². The molecule has 0 radical (unpaired) electrons. The van der Waals surface area contributed by atoms with Gasteiger partial charge in [-0.05, 0) is 31.0 Å². The molecule has 1 aromatic carbocycles. The Labute approximate surface area is 139 Å². The van der Waals surface area contributed by atoms with E-state index in [9.17, 15) is 9.59 Å². The Kier molecular flexibility index (Phi) is 5.68. The highest BCUT2D eigenvalue weighted by Crippen LogP contribution is 2.39. The van der Waals surface area contributed by atoms with Gasteiger partial charge in [-0.3, -0.25) is 9.78 Å². The summed E-state index contributed by atoms with van der Waals surface area (Å²) >= 11 is 0. The zero-order valence-corrected chi connectivity index (χ0v) is 14.3. The first-order valence-corrected chi connectivity index (χ1v) is 7.69. The summed E-state index contributed by atoms with van der Waals surface area (Å²) < 4.78 is 16.5. The van der Waals surface area contributed by atoms with Crippen LogP contribution in [0, 0.1) is 6.92 Å². The number of hydrogen-bond acceptors (Lipinski definition) is 5. The third kappa shape index (κ3) is 3.79. The highest BCUT2D eigenvalue weighted by atomic mass is 16.5.